The molecule has 1 aliphatic heterocycles. The fourth-order valence-corrected chi connectivity index (χ4v) is 4.12. The SMILES string of the molecule is C=C(C(=N)c1cc(Cl)c(F)cc1F)c1ccc2ncc(N(C)C3CCN(C)CC3)cc2n1. The number of piperidine rings is 1. The lowest BCUT2D eigenvalue weighted by atomic mass is 10.00. The maximum Gasteiger partial charge on any atom is 0.144 e. The second-order valence-electron chi connectivity index (χ2n) is 8.17. The van der Waals surface area contributed by atoms with Crippen LogP contribution in [0.3, 0.4) is 0 Å². The van der Waals surface area contributed by atoms with Crippen LogP contribution in [0, 0.1) is 17.0 Å². The van der Waals surface area contributed by atoms with E-state index in [2.05, 4.69) is 40.4 Å². The summed E-state index contributed by atoms with van der Waals surface area (Å²) < 4.78 is 27.7. The molecule has 0 aliphatic carbocycles. The number of nitrogens with zero attached hydrogens (tertiary/aromatic N) is 4. The third-order valence-electron chi connectivity index (χ3n) is 6.06. The first-order valence-corrected chi connectivity index (χ1v) is 10.7. The zero-order chi connectivity index (χ0) is 23.0. The molecule has 166 valence electrons. The average Bonchev–Trinajstić information content (AvgIpc) is 2.79. The molecule has 1 aliphatic rings. The first kappa shape index (κ1) is 22.3. The van der Waals surface area contributed by atoms with E-state index in [1.165, 1.54) is 0 Å². The molecule has 2 aromatic heterocycles. The van der Waals surface area contributed by atoms with Crippen molar-refractivity contribution in [1.82, 2.24) is 14.9 Å². The summed E-state index contributed by atoms with van der Waals surface area (Å²) in [5, 5.41) is 8.11. The fourth-order valence-electron chi connectivity index (χ4n) is 3.95. The number of halogens is 3. The van der Waals surface area contributed by atoms with Gasteiger partial charge in [-0.3, -0.25) is 10.4 Å². The molecule has 1 aromatic carbocycles. The Kier molecular flexibility index (Phi) is 6.22. The zero-order valence-corrected chi connectivity index (χ0v) is 18.8. The predicted molar refractivity (Wildman–Crippen MR) is 126 cm³/mol. The van der Waals surface area contributed by atoms with Gasteiger partial charge in [-0.1, -0.05) is 18.2 Å². The van der Waals surface area contributed by atoms with Crippen LogP contribution in [0.5, 0.6) is 0 Å². The van der Waals surface area contributed by atoms with Crippen LogP contribution in [0.15, 0.2) is 43.1 Å². The molecule has 0 bridgehead atoms. The Morgan fingerprint density at radius 3 is 2.59 bits per heavy atom. The van der Waals surface area contributed by atoms with Gasteiger partial charge in [0.25, 0.3) is 0 Å². The van der Waals surface area contributed by atoms with E-state index in [1.807, 2.05) is 12.3 Å². The summed E-state index contributed by atoms with van der Waals surface area (Å²) in [6.07, 6.45) is 4.01. The number of allylic oxidation sites excluding steroid dienone is 1. The lowest BCUT2D eigenvalue weighted by Crippen LogP contribution is -2.42. The number of nitrogens with one attached hydrogen (secondary N) is 1. The Morgan fingerprint density at radius 2 is 1.88 bits per heavy atom. The van der Waals surface area contributed by atoms with E-state index in [1.54, 1.807) is 12.1 Å². The topological polar surface area (TPSA) is 56.1 Å². The van der Waals surface area contributed by atoms with Crippen molar-refractivity contribution in [1.29, 1.82) is 5.41 Å². The highest BCUT2D eigenvalue weighted by molar-refractivity contribution is 6.33. The van der Waals surface area contributed by atoms with Crippen molar-refractivity contribution in [3.05, 3.63) is 71.0 Å². The molecule has 5 nitrogen and oxygen atoms in total. The van der Waals surface area contributed by atoms with E-state index in [9.17, 15) is 8.78 Å². The summed E-state index contributed by atoms with van der Waals surface area (Å²) in [5.74, 6) is -1.75. The molecule has 1 N–H and O–H groups in total. The van der Waals surface area contributed by atoms with Gasteiger partial charge >= 0.3 is 0 Å². The standard InChI is InChI=1S/C24H24ClF2N5/c1-14(24(28)17-11-18(25)20(27)12-19(17)26)21-4-5-22-23(30-21)10-16(13-29-22)32(3)15-6-8-31(2)9-7-15/h4-5,10-13,15,28H,1,6-9H2,2-3H3. The molecule has 1 saturated heterocycles. The molecule has 1 fully saturated rings. The Labute approximate surface area is 190 Å². The quantitative estimate of drug-likeness (QED) is 0.426. The van der Waals surface area contributed by atoms with Crippen molar-refractivity contribution in [2.24, 2.45) is 0 Å². The number of rotatable bonds is 5. The average molecular weight is 456 g/mol. The van der Waals surface area contributed by atoms with Crippen molar-refractivity contribution in [3.8, 4) is 0 Å². The zero-order valence-electron chi connectivity index (χ0n) is 18.0. The third-order valence-corrected chi connectivity index (χ3v) is 6.35. The van der Waals surface area contributed by atoms with E-state index in [0.717, 1.165) is 37.7 Å². The lowest BCUT2D eigenvalue weighted by Gasteiger charge is -2.36. The molecular formula is C24H24ClF2N5. The second kappa shape index (κ2) is 8.92. The van der Waals surface area contributed by atoms with Gasteiger partial charge < -0.3 is 9.80 Å². The van der Waals surface area contributed by atoms with Gasteiger partial charge in [-0.05, 0) is 57.2 Å². The minimum absolute atomic E-state index is 0.128. The number of benzene rings is 1. The van der Waals surface area contributed by atoms with Crippen molar-refractivity contribution >= 4 is 39.6 Å². The predicted octanol–water partition coefficient (Wildman–Crippen LogP) is 5.17. The third kappa shape index (κ3) is 4.36. The smallest absolute Gasteiger partial charge is 0.144 e. The molecular weight excluding hydrogens is 432 g/mol. The first-order valence-electron chi connectivity index (χ1n) is 10.4. The van der Waals surface area contributed by atoms with Gasteiger partial charge in [0, 0.05) is 30.3 Å². The van der Waals surface area contributed by atoms with Crippen LogP contribution in [0.4, 0.5) is 14.5 Å². The Balaban J connectivity index is 1.62. The van der Waals surface area contributed by atoms with Gasteiger partial charge in [-0.15, -0.1) is 0 Å². The lowest BCUT2D eigenvalue weighted by molar-refractivity contribution is 0.253. The number of aromatic nitrogens is 2. The molecule has 3 heterocycles. The number of likely N-dealkylation sites (tertiary alicyclic amines) is 1. The van der Waals surface area contributed by atoms with Gasteiger partial charge in [0.05, 0.1) is 39.3 Å². The van der Waals surface area contributed by atoms with E-state index in [0.29, 0.717) is 28.8 Å². The van der Waals surface area contributed by atoms with Crippen molar-refractivity contribution in [2.45, 2.75) is 18.9 Å². The van der Waals surface area contributed by atoms with Crippen LogP contribution in [-0.4, -0.2) is 53.8 Å². The van der Waals surface area contributed by atoms with Crippen LogP contribution >= 0.6 is 11.6 Å². The number of anilines is 1. The number of pyridine rings is 2. The maximum atomic E-state index is 14.2. The van der Waals surface area contributed by atoms with Gasteiger partial charge in [0.2, 0.25) is 0 Å². The molecule has 3 aromatic rings. The largest absolute Gasteiger partial charge is 0.370 e. The second-order valence-corrected chi connectivity index (χ2v) is 8.58. The van der Waals surface area contributed by atoms with Gasteiger partial charge in [0.1, 0.15) is 11.6 Å². The molecule has 0 atom stereocenters. The van der Waals surface area contributed by atoms with Crippen LogP contribution < -0.4 is 4.90 Å². The molecule has 0 saturated carbocycles. The minimum Gasteiger partial charge on any atom is -0.370 e. The van der Waals surface area contributed by atoms with E-state index < -0.39 is 11.6 Å². The van der Waals surface area contributed by atoms with Crippen molar-refractivity contribution < 1.29 is 8.78 Å². The summed E-state index contributed by atoms with van der Waals surface area (Å²) in [4.78, 5) is 13.7. The summed E-state index contributed by atoms with van der Waals surface area (Å²) in [6.45, 7) is 6.03. The highest BCUT2D eigenvalue weighted by atomic mass is 35.5. The number of hydrogen-bond donors (Lipinski definition) is 1. The van der Waals surface area contributed by atoms with Crippen LogP contribution in [0.1, 0.15) is 24.1 Å². The molecule has 8 heteroatoms. The molecule has 0 radical (unpaired) electrons. The summed E-state index contributed by atoms with van der Waals surface area (Å²) >= 11 is 5.78. The minimum atomic E-state index is -0.873. The Bertz CT molecular complexity index is 1200. The number of fused-ring (bicyclic) bond motifs is 1. The Hall–Kier alpha value is -2.90. The van der Waals surface area contributed by atoms with Crippen LogP contribution in [0.2, 0.25) is 5.02 Å². The van der Waals surface area contributed by atoms with E-state index >= 15 is 0 Å². The highest BCUT2D eigenvalue weighted by Gasteiger charge is 2.22. The number of hydrogen-bond acceptors (Lipinski definition) is 5. The maximum absolute atomic E-state index is 14.2. The van der Waals surface area contributed by atoms with Crippen LogP contribution in [0.25, 0.3) is 16.6 Å². The summed E-state index contributed by atoms with van der Waals surface area (Å²) in [6, 6.07) is 7.65. The molecule has 32 heavy (non-hydrogen) atoms. The molecule has 0 amide bonds. The van der Waals surface area contributed by atoms with Crippen molar-refractivity contribution in [3.63, 3.8) is 0 Å². The van der Waals surface area contributed by atoms with Crippen LogP contribution in [-0.2, 0) is 0 Å². The summed E-state index contributed by atoms with van der Waals surface area (Å²) in [5.41, 5.74) is 2.64. The first-order chi connectivity index (χ1) is 15.2. The fraction of sp³-hybridized carbons (Fsp3) is 0.292. The molecule has 0 spiro atoms. The normalized spacial score (nSPS) is 15.2. The monoisotopic (exact) mass is 455 g/mol. The van der Waals surface area contributed by atoms with E-state index in [4.69, 9.17) is 17.0 Å². The van der Waals surface area contributed by atoms with Gasteiger partial charge in [0.15, 0.2) is 0 Å². The Morgan fingerprint density at radius 1 is 1.16 bits per heavy atom. The van der Waals surface area contributed by atoms with Crippen molar-refractivity contribution in [2.75, 3.05) is 32.1 Å². The highest BCUT2D eigenvalue weighted by Crippen LogP contribution is 2.27. The van der Waals surface area contributed by atoms with Gasteiger partial charge in [-0.2, -0.15) is 0 Å². The molecule has 0 unspecified atom stereocenters. The van der Waals surface area contributed by atoms with Gasteiger partial charge in [-0.25, -0.2) is 13.8 Å². The summed E-state index contributed by atoms with van der Waals surface area (Å²) in [7, 11) is 4.20. The van der Waals surface area contributed by atoms with E-state index in [-0.39, 0.29) is 21.9 Å². The molecule has 4 rings (SSSR count).